The summed E-state index contributed by atoms with van der Waals surface area (Å²) in [6.45, 7) is -0.0988. The zero-order valence-electron chi connectivity index (χ0n) is 15.0. The van der Waals surface area contributed by atoms with E-state index in [0.29, 0.717) is 17.1 Å². The first-order chi connectivity index (χ1) is 14.2. The minimum Gasteiger partial charge on any atom is -0.456 e. The predicted molar refractivity (Wildman–Crippen MR) is 106 cm³/mol. The zero-order chi connectivity index (χ0) is 19.8. The van der Waals surface area contributed by atoms with Crippen LogP contribution in [0.25, 0.3) is 33.3 Å². The predicted octanol–water partition coefficient (Wildman–Crippen LogP) is 4.02. The summed E-state index contributed by atoms with van der Waals surface area (Å²) in [6, 6.07) is 19.0. The van der Waals surface area contributed by atoms with Crippen LogP contribution < -0.4 is 5.32 Å². The molecule has 0 spiro atoms. The number of benzene rings is 3. The Morgan fingerprint density at radius 2 is 1.79 bits per heavy atom. The number of hydrogen-bond acceptors (Lipinski definition) is 5. The molecule has 0 atom stereocenters. The average molecular weight is 387 g/mol. The number of carbonyl (C=O) groups excluding carboxylic acids is 1. The van der Waals surface area contributed by atoms with Gasteiger partial charge < -0.3 is 9.73 Å². The van der Waals surface area contributed by atoms with Crippen molar-refractivity contribution >= 4 is 33.5 Å². The Morgan fingerprint density at radius 3 is 2.66 bits per heavy atom. The number of para-hydroxylation sites is 1. The van der Waals surface area contributed by atoms with Crippen molar-refractivity contribution in [3.8, 4) is 11.4 Å². The first-order valence-corrected chi connectivity index (χ1v) is 8.91. The standard InChI is InChI=1S/C21H14FN5O2/c22-14-7-5-13(6-8-14)21-24-26-27(25-21)12-20(28)23-15-9-10-19-17(11-15)16-3-1-2-4-18(16)29-19/h1-11H,12H2,(H,23,28). The van der Waals surface area contributed by atoms with Gasteiger partial charge in [-0.3, -0.25) is 4.79 Å². The van der Waals surface area contributed by atoms with E-state index in [1.807, 2.05) is 36.4 Å². The fraction of sp³-hybridized carbons (Fsp3) is 0.0476. The van der Waals surface area contributed by atoms with Gasteiger partial charge in [0.05, 0.1) is 0 Å². The summed E-state index contributed by atoms with van der Waals surface area (Å²) in [5.41, 5.74) is 2.82. The quantitative estimate of drug-likeness (QED) is 0.503. The summed E-state index contributed by atoms with van der Waals surface area (Å²) in [6.07, 6.45) is 0. The fourth-order valence-corrected chi connectivity index (χ4v) is 3.16. The number of tetrazole rings is 1. The van der Waals surface area contributed by atoms with E-state index in [1.165, 1.54) is 16.9 Å². The molecule has 0 saturated carbocycles. The Balaban J connectivity index is 1.33. The van der Waals surface area contributed by atoms with Crippen LogP contribution in [0, 0.1) is 5.82 Å². The molecule has 0 radical (unpaired) electrons. The lowest BCUT2D eigenvalue weighted by Gasteiger charge is -2.04. The second-order valence-corrected chi connectivity index (χ2v) is 6.51. The lowest BCUT2D eigenvalue weighted by molar-refractivity contribution is -0.117. The second-order valence-electron chi connectivity index (χ2n) is 6.51. The average Bonchev–Trinajstić information content (AvgIpc) is 3.33. The smallest absolute Gasteiger partial charge is 0.248 e. The maximum Gasteiger partial charge on any atom is 0.248 e. The van der Waals surface area contributed by atoms with Crippen molar-refractivity contribution in [3.63, 3.8) is 0 Å². The van der Waals surface area contributed by atoms with Gasteiger partial charge in [0.25, 0.3) is 0 Å². The number of rotatable bonds is 4. The number of halogens is 1. The van der Waals surface area contributed by atoms with Gasteiger partial charge in [-0.25, -0.2) is 4.39 Å². The SMILES string of the molecule is O=C(Cn1nnc(-c2ccc(F)cc2)n1)Nc1ccc2oc3ccccc3c2c1. The van der Waals surface area contributed by atoms with E-state index in [2.05, 4.69) is 20.7 Å². The van der Waals surface area contributed by atoms with Crippen LogP contribution in [0.3, 0.4) is 0 Å². The molecule has 29 heavy (non-hydrogen) atoms. The van der Waals surface area contributed by atoms with Crippen LogP contribution in [0.5, 0.6) is 0 Å². The van der Waals surface area contributed by atoms with Gasteiger partial charge in [-0.1, -0.05) is 18.2 Å². The highest BCUT2D eigenvalue weighted by Crippen LogP contribution is 2.30. The van der Waals surface area contributed by atoms with Crippen molar-refractivity contribution in [2.24, 2.45) is 0 Å². The van der Waals surface area contributed by atoms with E-state index in [4.69, 9.17) is 4.42 Å². The lowest BCUT2D eigenvalue weighted by Crippen LogP contribution is -2.20. The normalized spacial score (nSPS) is 11.2. The highest BCUT2D eigenvalue weighted by atomic mass is 19.1. The maximum atomic E-state index is 13.0. The molecule has 7 nitrogen and oxygen atoms in total. The summed E-state index contributed by atoms with van der Waals surface area (Å²) in [5, 5.41) is 16.7. The molecule has 1 amide bonds. The molecule has 5 aromatic rings. The molecule has 2 aromatic heterocycles. The Labute approximate surface area is 163 Å². The number of nitrogens with one attached hydrogen (secondary N) is 1. The molecule has 0 unspecified atom stereocenters. The van der Waals surface area contributed by atoms with Gasteiger partial charge in [-0.05, 0) is 53.7 Å². The molecule has 0 fully saturated rings. The Bertz CT molecular complexity index is 1340. The number of amides is 1. The molecule has 1 N–H and O–H groups in total. The van der Waals surface area contributed by atoms with Gasteiger partial charge in [0, 0.05) is 22.0 Å². The van der Waals surface area contributed by atoms with Crippen LogP contribution >= 0.6 is 0 Å². The van der Waals surface area contributed by atoms with Crippen molar-refractivity contribution in [1.29, 1.82) is 0 Å². The van der Waals surface area contributed by atoms with Crippen LogP contribution in [0.4, 0.5) is 10.1 Å². The Morgan fingerprint density at radius 1 is 1.00 bits per heavy atom. The number of carbonyl (C=O) groups is 1. The van der Waals surface area contributed by atoms with E-state index < -0.39 is 0 Å². The van der Waals surface area contributed by atoms with Crippen molar-refractivity contribution in [2.75, 3.05) is 5.32 Å². The van der Waals surface area contributed by atoms with Crippen molar-refractivity contribution in [3.05, 3.63) is 72.5 Å². The molecule has 3 aromatic carbocycles. The fourth-order valence-electron chi connectivity index (χ4n) is 3.16. The Kier molecular flexibility index (Phi) is 4.02. The van der Waals surface area contributed by atoms with Gasteiger partial charge in [0.15, 0.2) is 0 Å². The van der Waals surface area contributed by atoms with Crippen molar-refractivity contribution < 1.29 is 13.6 Å². The van der Waals surface area contributed by atoms with Crippen LogP contribution in [-0.4, -0.2) is 26.1 Å². The topological polar surface area (TPSA) is 85.8 Å². The minimum atomic E-state index is -0.345. The Hall–Kier alpha value is -4.07. The molecule has 0 aliphatic heterocycles. The van der Waals surface area contributed by atoms with Gasteiger partial charge in [0.2, 0.25) is 11.7 Å². The van der Waals surface area contributed by atoms with Crippen LogP contribution in [0.15, 0.2) is 71.1 Å². The van der Waals surface area contributed by atoms with Crippen LogP contribution in [0.1, 0.15) is 0 Å². The molecule has 2 heterocycles. The third-order valence-electron chi connectivity index (χ3n) is 4.50. The molecule has 0 aliphatic carbocycles. The highest BCUT2D eigenvalue weighted by Gasteiger charge is 2.11. The summed E-state index contributed by atoms with van der Waals surface area (Å²) in [4.78, 5) is 13.6. The number of fused-ring (bicyclic) bond motifs is 3. The van der Waals surface area contributed by atoms with Gasteiger partial charge >= 0.3 is 0 Å². The van der Waals surface area contributed by atoms with E-state index in [1.54, 1.807) is 18.2 Å². The third-order valence-corrected chi connectivity index (χ3v) is 4.50. The number of nitrogens with zero attached hydrogens (tertiary/aromatic N) is 4. The van der Waals surface area contributed by atoms with E-state index >= 15 is 0 Å². The molecular formula is C21H14FN5O2. The lowest BCUT2D eigenvalue weighted by atomic mass is 10.1. The summed E-state index contributed by atoms with van der Waals surface area (Å²) < 4.78 is 18.8. The number of aromatic nitrogens is 4. The maximum absolute atomic E-state index is 13.0. The zero-order valence-corrected chi connectivity index (χ0v) is 15.0. The third kappa shape index (κ3) is 3.31. The minimum absolute atomic E-state index is 0.0988. The van der Waals surface area contributed by atoms with Crippen LogP contribution in [-0.2, 0) is 11.3 Å². The molecule has 0 aliphatic rings. The number of furan rings is 1. The van der Waals surface area contributed by atoms with Crippen molar-refractivity contribution in [1.82, 2.24) is 20.2 Å². The molecule has 142 valence electrons. The van der Waals surface area contributed by atoms with E-state index in [-0.39, 0.29) is 18.3 Å². The first-order valence-electron chi connectivity index (χ1n) is 8.91. The molecule has 0 saturated heterocycles. The first kappa shape index (κ1) is 17.1. The summed E-state index contributed by atoms with van der Waals surface area (Å²) in [7, 11) is 0. The van der Waals surface area contributed by atoms with E-state index in [9.17, 15) is 9.18 Å². The monoisotopic (exact) mass is 387 g/mol. The molecule has 5 rings (SSSR count). The highest BCUT2D eigenvalue weighted by molar-refractivity contribution is 6.06. The summed E-state index contributed by atoms with van der Waals surface area (Å²) >= 11 is 0. The number of hydrogen-bond donors (Lipinski definition) is 1. The number of anilines is 1. The van der Waals surface area contributed by atoms with Gasteiger partial charge in [-0.2, -0.15) is 4.80 Å². The largest absolute Gasteiger partial charge is 0.456 e. The van der Waals surface area contributed by atoms with Gasteiger partial charge in [-0.15, -0.1) is 10.2 Å². The second kappa shape index (κ2) is 6.83. The van der Waals surface area contributed by atoms with Crippen LogP contribution in [0.2, 0.25) is 0 Å². The molecule has 8 heteroatoms. The summed E-state index contributed by atoms with van der Waals surface area (Å²) in [5.74, 6) is -0.313. The van der Waals surface area contributed by atoms with Gasteiger partial charge in [0.1, 0.15) is 23.5 Å². The molecular weight excluding hydrogens is 373 g/mol. The molecule has 0 bridgehead atoms. The van der Waals surface area contributed by atoms with E-state index in [0.717, 1.165) is 21.9 Å². The van der Waals surface area contributed by atoms with Crippen molar-refractivity contribution in [2.45, 2.75) is 6.54 Å².